The van der Waals surface area contributed by atoms with Gasteiger partial charge >= 0.3 is 5.97 Å². The van der Waals surface area contributed by atoms with E-state index in [-0.39, 0.29) is 34.5 Å². The Hall–Kier alpha value is -4.23. The number of ether oxygens (including phenoxy) is 1. The summed E-state index contributed by atoms with van der Waals surface area (Å²) < 4.78 is 11.3. The topological polar surface area (TPSA) is 152 Å². The number of rotatable bonds is 9. The van der Waals surface area contributed by atoms with Gasteiger partial charge in [-0.2, -0.15) is 9.36 Å². The number of carbonyl (C=O) groups excluding carboxylic acids is 1. The second-order valence-corrected chi connectivity index (χ2v) is 10.1. The Morgan fingerprint density at radius 3 is 2.79 bits per heavy atom. The van der Waals surface area contributed by atoms with Crippen molar-refractivity contribution in [3.05, 3.63) is 58.1 Å². The third-order valence-corrected chi connectivity index (χ3v) is 7.17. The van der Waals surface area contributed by atoms with Gasteiger partial charge in [-0.05, 0) is 44.5 Å². The molecule has 12 nitrogen and oxygen atoms in total. The largest absolute Gasteiger partial charge is 0.477 e. The van der Waals surface area contributed by atoms with Crippen LogP contribution in [0.25, 0.3) is 27.6 Å². The summed E-state index contributed by atoms with van der Waals surface area (Å²) in [5.74, 6) is -0.579. The zero-order valence-corrected chi connectivity index (χ0v) is 22.4. The molecule has 1 fully saturated rings. The van der Waals surface area contributed by atoms with Crippen molar-refractivity contribution in [1.82, 2.24) is 29.2 Å². The first-order valence-electron chi connectivity index (χ1n) is 12.4. The lowest BCUT2D eigenvalue weighted by molar-refractivity contribution is -0.126. The summed E-state index contributed by atoms with van der Waals surface area (Å²) in [6, 6.07) is 5.24. The number of carboxylic acids is 1. The van der Waals surface area contributed by atoms with Crippen molar-refractivity contribution in [2.24, 2.45) is 5.92 Å². The minimum Gasteiger partial charge on any atom is -0.477 e. The van der Waals surface area contributed by atoms with E-state index in [1.165, 1.54) is 10.8 Å². The van der Waals surface area contributed by atoms with E-state index < -0.39 is 11.4 Å². The zero-order chi connectivity index (χ0) is 27.7. The van der Waals surface area contributed by atoms with Crippen LogP contribution in [-0.4, -0.2) is 73.2 Å². The number of carboxylic acid groups (broad SMARTS) is 1. The van der Waals surface area contributed by atoms with Gasteiger partial charge < -0.3 is 20.1 Å². The van der Waals surface area contributed by atoms with Crippen LogP contribution in [0.3, 0.4) is 0 Å². The lowest BCUT2D eigenvalue weighted by Gasteiger charge is -2.39. The number of anilines is 1. The Morgan fingerprint density at radius 2 is 2.10 bits per heavy atom. The Labute approximate surface area is 227 Å². The number of nitrogens with one attached hydrogen (secondary N) is 1. The number of hydrogen-bond acceptors (Lipinski definition) is 10. The van der Waals surface area contributed by atoms with Gasteiger partial charge in [0.15, 0.2) is 11.5 Å². The molecule has 5 heterocycles. The van der Waals surface area contributed by atoms with Crippen LogP contribution in [0.15, 0.2) is 41.6 Å². The van der Waals surface area contributed by atoms with Crippen molar-refractivity contribution in [2.75, 3.05) is 31.2 Å². The van der Waals surface area contributed by atoms with Crippen molar-refractivity contribution in [3.63, 3.8) is 0 Å². The standard InChI is InChI=1S/C26H27N7O5S/c1-4-38-13-15(3)28-24(35)17-10-32(11-17)19-8-14(2)20-21(34)18(25(36)37)12-33(23(20)29-19)26-30-22(31-39-26)16-6-5-7-27-9-16/h5-9,12,15,17H,4,10-11,13H2,1-3H3,(H,28,35)(H,36,37)/t15-/m1/s1. The van der Waals surface area contributed by atoms with Gasteiger partial charge in [0.1, 0.15) is 11.4 Å². The quantitative estimate of drug-likeness (QED) is 0.318. The van der Waals surface area contributed by atoms with Crippen LogP contribution in [0.2, 0.25) is 0 Å². The summed E-state index contributed by atoms with van der Waals surface area (Å²) in [5.41, 5.74) is 0.542. The van der Waals surface area contributed by atoms with Gasteiger partial charge in [-0.15, -0.1) is 0 Å². The third-order valence-electron chi connectivity index (χ3n) is 6.45. The number of fused-ring (bicyclic) bond motifs is 1. The molecular weight excluding hydrogens is 522 g/mol. The molecule has 5 rings (SSSR count). The first-order chi connectivity index (χ1) is 18.8. The molecule has 39 heavy (non-hydrogen) atoms. The number of nitrogens with zero attached hydrogens (tertiary/aromatic N) is 6. The molecule has 0 spiro atoms. The monoisotopic (exact) mass is 549 g/mol. The van der Waals surface area contributed by atoms with Gasteiger partial charge in [0.2, 0.25) is 16.5 Å². The van der Waals surface area contributed by atoms with Crippen LogP contribution in [0.4, 0.5) is 5.82 Å². The Kier molecular flexibility index (Phi) is 7.35. The fourth-order valence-electron chi connectivity index (χ4n) is 4.39. The zero-order valence-electron chi connectivity index (χ0n) is 21.6. The van der Waals surface area contributed by atoms with Crippen LogP contribution in [0, 0.1) is 12.8 Å². The normalized spacial score (nSPS) is 14.3. The molecule has 2 N–H and O–H groups in total. The van der Waals surface area contributed by atoms with E-state index in [2.05, 4.69) is 19.7 Å². The predicted octanol–water partition coefficient (Wildman–Crippen LogP) is 2.28. The van der Waals surface area contributed by atoms with Crippen molar-refractivity contribution in [3.8, 4) is 16.5 Å². The highest BCUT2D eigenvalue weighted by Gasteiger charge is 2.34. The maximum absolute atomic E-state index is 13.1. The second-order valence-electron chi connectivity index (χ2n) is 9.36. The number of hydrogen-bond donors (Lipinski definition) is 2. The number of pyridine rings is 3. The molecule has 1 amide bonds. The van der Waals surface area contributed by atoms with E-state index in [9.17, 15) is 19.5 Å². The highest BCUT2D eigenvalue weighted by Crippen LogP contribution is 2.29. The molecule has 0 bridgehead atoms. The van der Waals surface area contributed by atoms with Gasteiger partial charge in [0.05, 0.1) is 17.9 Å². The molecule has 1 saturated heterocycles. The number of aromatic nitrogens is 5. The smallest absolute Gasteiger partial charge is 0.341 e. The fraction of sp³-hybridized carbons (Fsp3) is 0.346. The number of aromatic carboxylic acids is 1. The molecule has 0 aliphatic carbocycles. The molecule has 1 atom stereocenters. The van der Waals surface area contributed by atoms with Crippen LogP contribution >= 0.6 is 11.5 Å². The van der Waals surface area contributed by atoms with E-state index >= 15 is 0 Å². The molecule has 13 heteroatoms. The van der Waals surface area contributed by atoms with Crippen LogP contribution in [-0.2, 0) is 9.53 Å². The van der Waals surface area contributed by atoms with Gasteiger partial charge in [-0.1, -0.05) is 0 Å². The maximum atomic E-state index is 13.1. The molecule has 0 unspecified atom stereocenters. The van der Waals surface area contributed by atoms with Crippen molar-refractivity contribution in [1.29, 1.82) is 0 Å². The van der Waals surface area contributed by atoms with Crippen LogP contribution in [0.1, 0.15) is 29.8 Å². The van der Waals surface area contributed by atoms with E-state index in [0.29, 0.717) is 54.2 Å². The minimum atomic E-state index is -1.34. The molecule has 0 aromatic carbocycles. The Bertz CT molecular complexity index is 1600. The van der Waals surface area contributed by atoms with Crippen molar-refractivity contribution >= 4 is 40.3 Å². The summed E-state index contributed by atoms with van der Waals surface area (Å²) in [4.78, 5) is 53.0. The molecule has 0 radical (unpaired) electrons. The molecule has 0 saturated carbocycles. The van der Waals surface area contributed by atoms with E-state index in [4.69, 9.17) is 9.72 Å². The summed E-state index contributed by atoms with van der Waals surface area (Å²) in [6.07, 6.45) is 4.51. The molecule has 1 aliphatic rings. The molecule has 1 aliphatic heterocycles. The Balaban J connectivity index is 1.49. The Morgan fingerprint density at radius 1 is 1.31 bits per heavy atom. The molecule has 4 aromatic rings. The van der Waals surface area contributed by atoms with Crippen molar-refractivity contribution < 1.29 is 19.4 Å². The SMILES string of the molecule is CCOC[C@@H](C)NC(=O)C1CN(c2cc(C)c3c(=O)c(C(=O)O)cn(-c4nc(-c5cccnc5)ns4)c3n2)C1. The summed E-state index contributed by atoms with van der Waals surface area (Å²) in [5, 5.41) is 13.2. The van der Waals surface area contributed by atoms with Gasteiger partial charge in [0, 0.05) is 61.4 Å². The van der Waals surface area contributed by atoms with E-state index in [0.717, 1.165) is 11.5 Å². The second kappa shape index (κ2) is 10.9. The van der Waals surface area contributed by atoms with Gasteiger partial charge in [-0.3, -0.25) is 19.1 Å². The molecule has 202 valence electrons. The highest BCUT2D eigenvalue weighted by atomic mass is 32.1. The lowest BCUT2D eigenvalue weighted by atomic mass is 9.98. The average Bonchev–Trinajstić information content (AvgIpc) is 3.37. The van der Waals surface area contributed by atoms with Crippen LogP contribution < -0.4 is 15.6 Å². The summed E-state index contributed by atoms with van der Waals surface area (Å²) in [6.45, 7) is 7.52. The third kappa shape index (κ3) is 5.22. The lowest BCUT2D eigenvalue weighted by Crippen LogP contribution is -2.55. The van der Waals surface area contributed by atoms with Gasteiger partial charge in [0.25, 0.3) is 0 Å². The first-order valence-corrected chi connectivity index (χ1v) is 13.2. The molecule has 4 aromatic heterocycles. The number of carbonyl (C=O) groups is 2. The highest BCUT2D eigenvalue weighted by molar-refractivity contribution is 7.08. The minimum absolute atomic E-state index is 0.0456. The molecular formula is C26H27N7O5S. The summed E-state index contributed by atoms with van der Waals surface area (Å²) >= 11 is 1.06. The van der Waals surface area contributed by atoms with Crippen molar-refractivity contribution in [2.45, 2.75) is 26.8 Å². The van der Waals surface area contributed by atoms with E-state index in [1.54, 1.807) is 31.5 Å². The van der Waals surface area contributed by atoms with Crippen LogP contribution in [0.5, 0.6) is 0 Å². The number of aryl methyl sites for hydroxylation is 1. The van der Waals surface area contributed by atoms with Gasteiger partial charge in [-0.25, -0.2) is 9.78 Å². The van der Waals surface area contributed by atoms with E-state index in [1.807, 2.05) is 24.8 Å². The fourth-order valence-corrected chi connectivity index (χ4v) is 5.06. The summed E-state index contributed by atoms with van der Waals surface area (Å²) in [7, 11) is 0. The first kappa shape index (κ1) is 26.4. The predicted molar refractivity (Wildman–Crippen MR) is 146 cm³/mol. The maximum Gasteiger partial charge on any atom is 0.341 e. The average molecular weight is 550 g/mol. The number of amides is 1.